The van der Waals surface area contributed by atoms with E-state index in [1.165, 1.54) is 6.20 Å². The first-order valence-corrected chi connectivity index (χ1v) is 9.25. The highest BCUT2D eigenvalue weighted by atomic mass is 35.5. The molecule has 0 aliphatic rings. The molecular formula is C20H24Cl2N2O3. The minimum Gasteiger partial charge on any atom is -0.444 e. The van der Waals surface area contributed by atoms with E-state index in [0.29, 0.717) is 21.3 Å². The van der Waals surface area contributed by atoms with Gasteiger partial charge in [-0.3, -0.25) is 0 Å². The number of halogens is 2. The van der Waals surface area contributed by atoms with Crippen molar-refractivity contribution >= 4 is 29.3 Å². The number of aromatic nitrogens is 1. The van der Waals surface area contributed by atoms with Crippen LogP contribution in [0.15, 0.2) is 36.5 Å². The molecule has 5 nitrogen and oxygen atoms in total. The molecule has 2 atom stereocenters. The maximum Gasteiger partial charge on any atom is 0.408 e. The van der Waals surface area contributed by atoms with Crippen molar-refractivity contribution in [1.29, 1.82) is 0 Å². The molecule has 0 saturated carbocycles. The average molecular weight is 411 g/mol. The Morgan fingerprint density at radius 2 is 1.85 bits per heavy atom. The fraction of sp³-hybridized carbons (Fsp3) is 0.400. The van der Waals surface area contributed by atoms with Crippen LogP contribution in [0.3, 0.4) is 0 Å². The highest BCUT2D eigenvalue weighted by Gasteiger charge is 2.39. The van der Waals surface area contributed by atoms with Gasteiger partial charge >= 0.3 is 6.09 Å². The summed E-state index contributed by atoms with van der Waals surface area (Å²) in [7, 11) is 0. The zero-order valence-electron chi connectivity index (χ0n) is 16.0. The monoisotopic (exact) mass is 410 g/mol. The number of hydrogen-bond acceptors (Lipinski definition) is 4. The molecule has 0 saturated heterocycles. The topological polar surface area (TPSA) is 71.5 Å². The van der Waals surface area contributed by atoms with Gasteiger partial charge in [0.15, 0.2) is 0 Å². The van der Waals surface area contributed by atoms with Crippen molar-refractivity contribution in [1.82, 2.24) is 10.3 Å². The number of carbonyl (C=O) groups excluding carboxylic acids is 1. The zero-order chi connectivity index (χ0) is 20.4. The van der Waals surface area contributed by atoms with Crippen LogP contribution in [0.25, 0.3) is 0 Å². The minimum atomic E-state index is -1.21. The molecule has 2 aromatic rings. The molecule has 0 bridgehead atoms. The molecule has 7 heteroatoms. The molecule has 2 rings (SSSR count). The van der Waals surface area contributed by atoms with Crippen LogP contribution in [0.4, 0.5) is 4.79 Å². The molecule has 1 heterocycles. The van der Waals surface area contributed by atoms with E-state index in [-0.39, 0.29) is 0 Å². The van der Waals surface area contributed by atoms with Gasteiger partial charge in [0.1, 0.15) is 16.9 Å². The molecule has 1 aromatic heterocycles. The molecule has 2 unspecified atom stereocenters. The Morgan fingerprint density at radius 1 is 1.19 bits per heavy atom. The van der Waals surface area contributed by atoms with E-state index in [9.17, 15) is 9.90 Å². The summed E-state index contributed by atoms with van der Waals surface area (Å²) in [5.41, 5.74) is 0.129. The fourth-order valence-corrected chi connectivity index (χ4v) is 3.09. The Kier molecular flexibility index (Phi) is 6.40. The number of aliphatic hydroxyl groups is 1. The normalized spacial score (nSPS) is 15.0. The molecule has 27 heavy (non-hydrogen) atoms. The lowest BCUT2D eigenvalue weighted by molar-refractivity contribution is 0.0234. The van der Waals surface area contributed by atoms with Crippen LogP contribution in [-0.2, 0) is 10.3 Å². The lowest BCUT2D eigenvalue weighted by Gasteiger charge is -2.37. The molecule has 0 aliphatic heterocycles. The zero-order valence-corrected chi connectivity index (χ0v) is 17.5. The largest absolute Gasteiger partial charge is 0.444 e. The highest BCUT2D eigenvalue weighted by Crippen LogP contribution is 2.37. The smallest absolute Gasteiger partial charge is 0.408 e. The number of amides is 1. The first kappa shape index (κ1) is 21.5. The van der Waals surface area contributed by atoms with Crippen LogP contribution in [0, 0.1) is 6.92 Å². The number of rotatable bonds is 4. The molecule has 1 aromatic carbocycles. The summed E-state index contributed by atoms with van der Waals surface area (Å²) in [5, 5.41) is 14.9. The lowest BCUT2D eigenvalue weighted by atomic mass is 9.82. The Balaban J connectivity index is 2.48. The first-order valence-electron chi connectivity index (χ1n) is 8.50. The molecule has 0 fully saturated rings. The number of hydrogen-bond donors (Lipinski definition) is 2. The third-order valence-electron chi connectivity index (χ3n) is 4.16. The van der Waals surface area contributed by atoms with Crippen LogP contribution >= 0.6 is 23.2 Å². The van der Waals surface area contributed by atoms with Gasteiger partial charge in [0, 0.05) is 11.2 Å². The molecule has 0 spiro atoms. The lowest BCUT2D eigenvalue weighted by Crippen LogP contribution is -2.49. The number of carbonyl (C=O) groups is 1. The number of ether oxygens (including phenoxy) is 1. The number of alkyl carbamates (subject to hydrolysis) is 1. The third-order valence-corrected chi connectivity index (χ3v) is 4.62. The summed E-state index contributed by atoms with van der Waals surface area (Å²) in [6.07, 6.45) is -0.204. The minimum absolute atomic E-state index is 0.315. The van der Waals surface area contributed by atoms with E-state index < -0.39 is 23.3 Å². The number of aliphatic hydroxyl groups excluding tert-OH is 1. The predicted octanol–water partition coefficient (Wildman–Crippen LogP) is 5.17. The second-order valence-electron chi connectivity index (χ2n) is 7.60. The third kappa shape index (κ3) is 5.34. The molecule has 1 amide bonds. The van der Waals surface area contributed by atoms with E-state index >= 15 is 0 Å². The standard InChI is InChI=1S/C20H24Cl2N2O3/c1-12-10-14(21)7-8-15(12)17(25)20(5,13-6-9-16(22)23-11-13)24-18(26)27-19(2,3)4/h6-11,17,25H,1-5H3,(H,24,26). The molecule has 0 aliphatic carbocycles. The maximum atomic E-state index is 12.5. The second kappa shape index (κ2) is 8.05. The van der Waals surface area contributed by atoms with Gasteiger partial charge in [0.2, 0.25) is 0 Å². The van der Waals surface area contributed by atoms with Crippen molar-refractivity contribution in [3.63, 3.8) is 0 Å². The average Bonchev–Trinajstić information content (AvgIpc) is 2.52. The van der Waals surface area contributed by atoms with Gasteiger partial charge in [-0.25, -0.2) is 9.78 Å². The van der Waals surface area contributed by atoms with E-state index in [4.69, 9.17) is 27.9 Å². The van der Waals surface area contributed by atoms with E-state index in [1.807, 2.05) is 6.92 Å². The fourth-order valence-electron chi connectivity index (χ4n) is 2.75. The molecule has 0 radical (unpaired) electrons. The number of aryl methyl sites for hydroxylation is 1. The van der Waals surface area contributed by atoms with Crippen molar-refractivity contribution in [3.8, 4) is 0 Å². The molecular weight excluding hydrogens is 387 g/mol. The Labute approximate surface area is 169 Å². The Hall–Kier alpha value is -1.82. The summed E-state index contributed by atoms with van der Waals surface area (Å²) in [6.45, 7) is 8.87. The van der Waals surface area contributed by atoms with Crippen LogP contribution in [-0.4, -0.2) is 21.8 Å². The van der Waals surface area contributed by atoms with Gasteiger partial charge in [-0.15, -0.1) is 0 Å². The van der Waals surface area contributed by atoms with Gasteiger partial charge in [-0.1, -0.05) is 35.3 Å². The van der Waals surface area contributed by atoms with Gasteiger partial charge < -0.3 is 15.2 Å². The molecule has 146 valence electrons. The van der Waals surface area contributed by atoms with Crippen LogP contribution in [0.5, 0.6) is 0 Å². The number of nitrogens with one attached hydrogen (secondary N) is 1. The first-order chi connectivity index (χ1) is 12.4. The van der Waals surface area contributed by atoms with Gasteiger partial charge in [0.25, 0.3) is 0 Å². The summed E-state index contributed by atoms with van der Waals surface area (Å²) in [6, 6.07) is 8.50. The Bertz CT molecular complexity index is 819. The van der Waals surface area contributed by atoms with Gasteiger partial charge in [0.05, 0.1) is 5.54 Å². The molecule has 2 N–H and O–H groups in total. The maximum absolute atomic E-state index is 12.5. The summed E-state index contributed by atoms with van der Waals surface area (Å²) in [5.74, 6) is 0. The summed E-state index contributed by atoms with van der Waals surface area (Å²) < 4.78 is 5.39. The van der Waals surface area contributed by atoms with Crippen LogP contribution in [0.2, 0.25) is 10.2 Å². The summed E-state index contributed by atoms with van der Waals surface area (Å²) >= 11 is 11.9. The van der Waals surface area contributed by atoms with Crippen molar-refractivity contribution in [3.05, 3.63) is 63.4 Å². The number of nitrogens with zero attached hydrogens (tertiary/aromatic N) is 1. The van der Waals surface area contributed by atoms with Crippen molar-refractivity contribution < 1.29 is 14.6 Å². The quantitative estimate of drug-likeness (QED) is 0.681. The van der Waals surface area contributed by atoms with Crippen molar-refractivity contribution in [2.45, 2.75) is 51.9 Å². The van der Waals surface area contributed by atoms with E-state index in [2.05, 4.69) is 10.3 Å². The van der Waals surface area contributed by atoms with Crippen molar-refractivity contribution in [2.75, 3.05) is 0 Å². The second-order valence-corrected chi connectivity index (χ2v) is 8.43. The van der Waals surface area contributed by atoms with Crippen molar-refractivity contribution in [2.24, 2.45) is 0 Å². The number of benzene rings is 1. The summed E-state index contributed by atoms with van der Waals surface area (Å²) in [4.78, 5) is 16.6. The van der Waals surface area contributed by atoms with E-state index in [0.717, 1.165) is 5.56 Å². The Morgan fingerprint density at radius 3 is 2.37 bits per heavy atom. The predicted molar refractivity (Wildman–Crippen MR) is 107 cm³/mol. The van der Waals surface area contributed by atoms with Crippen LogP contribution < -0.4 is 5.32 Å². The van der Waals surface area contributed by atoms with Gasteiger partial charge in [-0.05, 0) is 69.5 Å². The van der Waals surface area contributed by atoms with Crippen LogP contribution in [0.1, 0.15) is 50.5 Å². The van der Waals surface area contributed by atoms with E-state index in [1.54, 1.807) is 58.0 Å². The number of pyridine rings is 1. The SMILES string of the molecule is Cc1cc(Cl)ccc1C(O)C(C)(NC(=O)OC(C)(C)C)c1ccc(Cl)nc1. The van der Waals surface area contributed by atoms with Gasteiger partial charge in [-0.2, -0.15) is 0 Å². The highest BCUT2D eigenvalue weighted by molar-refractivity contribution is 6.30.